The molecule has 0 radical (unpaired) electrons. The van der Waals surface area contributed by atoms with Crippen LogP contribution in [0.25, 0.3) is 0 Å². The molecule has 0 aromatic carbocycles. The predicted molar refractivity (Wildman–Crippen MR) is 47.9 cm³/mol. The molecule has 0 saturated heterocycles. The summed E-state index contributed by atoms with van der Waals surface area (Å²) >= 11 is 10.2. The molecular formula is C3H6Br3FSi. The topological polar surface area (TPSA) is 0 Å². The van der Waals surface area contributed by atoms with Gasteiger partial charge in [-0.25, -0.2) is 0 Å². The van der Waals surface area contributed by atoms with Gasteiger partial charge < -0.3 is 0 Å². The van der Waals surface area contributed by atoms with E-state index in [9.17, 15) is 4.39 Å². The van der Waals surface area contributed by atoms with Crippen molar-refractivity contribution in [3.8, 4) is 0 Å². The van der Waals surface area contributed by atoms with Crippen LogP contribution < -0.4 is 0 Å². The molecule has 50 valence electrons. The van der Waals surface area contributed by atoms with E-state index in [4.69, 9.17) is 0 Å². The third-order valence-electron chi connectivity index (χ3n) is 0.594. The van der Waals surface area contributed by atoms with Gasteiger partial charge in [0, 0.05) is 0 Å². The molecular weight excluding hydrogens is 323 g/mol. The fourth-order valence-corrected chi connectivity index (χ4v) is 3.33. The molecule has 0 aliphatic rings. The molecule has 8 heavy (non-hydrogen) atoms. The Morgan fingerprint density at radius 1 is 1.25 bits per heavy atom. The zero-order valence-electron chi connectivity index (χ0n) is 4.13. The lowest BCUT2D eigenvalue weighted by molar-refractivity contribution is 0.487. The predicted octanol–water partition coefficient (Wildman–Crippen LogP) is 3.47. The number of hydrogen-bond acceptors (Lipinski definition) is 0. The van der Waals surface area contributed by atoms with Crippen LogP contribution >= 0.6 is 45.9 Å². The van der Waals surface area contributed by atoms with Gasteiger partial charge in [0.2, 0.25) is 0 Å². The summed E-state index contributed by atoms with van der Waals surface area (Å²) in [6.07, 6.45) is 0.633. The van der Waals surface area contributed by atoms with E-state index >= 15 is 0 Å². The zero-order chi connectivity index (χ0) is 6.62. The summed E-state index contributed by atoms with van der Waals surface area (Å²) in [6.45, 7) is -0.225. The summed E-state index contributed by atoms with van der Waals surface area (Å²) in [6, 6.07) is 0.878. The van der Waals surface area contributed by atoms with Crippen molar-refractivity contribution in [3.05, 3.63) is 0 Å². The first-order valence-corrected chi connectivity index (χ1v) is 11.2. The molecule has 0 N–H and O–H groups in total. The fourth-order valence-electron chi connectivity index (χ4n) is 0.267. The molecule has 0 rings (SSSR count). The highest BCUT2D eigenvalue weighted by Crippen LogP contribution is 2.32. The summed E-state index contributed by atoms with van der Waals surface area (Å²) in [7, 11) is 0. The average Bonchev–Trinajstić information content (AvgIpc) is 1.59. The fraction of sp³-hybridized carbons (Fsp3) is 1.00. The van der Waals surface area contributed by atoms with Crippen LogP contribution in [0.15, 0.2) is 0 Å². The number of hydrogen-bond donors (Lipinski definition) is 0. The van der Waals surface area contributed by atoms with Gasteiger partial charge in [0.15, 0.2) is 0 Å². The Morgan fingerprint density at radius 2 is 1.75 bits per heavy atom. The molecule has 0 spiro atoms. The molecule has 0 aromatic heterocycles. The Morgan fingerprint density at radius 3 is 1.88 bits per heavy atom. The Kier molecular flexibility index (Phi) is 5.28. The average molecular weight is 329 g/mol. The van der Waals surface area contributed by atoms with E-state index in [1.54, 1.807) is 0 Å². The van der Waals surface area contributed by atoms with Crippen molar-refractivity contribution < 1.29 is 4.39 Å². The number of rotatable bonds is 3. The first kappa shape index (κ1) is 9.59. The summed E-state index contributed by atoms with van der Waals surface area (Å²) in [5, 5.41) is 0. The van der Waals surface area contributed by atoms with Crippen LogP contribution in [-0.2, 0) is 0 Å². The molecule has 0 fully saturated rings. The van der Waals surface area contributed by atoms with E-state index in [0.29, 0.717) is 6.42 Å². The van der Waals surface area contributed by atoms with Crippen molar-refractivity contribution in [2.75, 3.05) is 6.67 Å². The molecule has 0 aliphatic carbocycles. The van der Waals surface area contributed by atoms with Gasteiger partial charge in [0.1, 0.15) is 0 Å². The smallest absolute Gasteiger partial charge is 0.251 e. The van der Waals surface area contributed by atoms with Crippen LogP contribution in [0.4, 0.5) is 4.39 Å². The molecule has 0 aromatic rings. The van der Waals surface area contributed by atoms with Crippen molar-refractivity contribution in [2.24, 2.45) is 0 Å². The summed E-state index contributed by atoms with van der Waals surface area (Å²) in [4.78, 5) is 0. The Balaban J connectivity index is 3.11. The SMILES string of the molecule is FCCC[Si](Br)(Br)Br. The van der Waals surface area contributed by atoms with E-state index in [2.05, 4.69) is 45.9 Å². The lowest BCUT2D eigenvalue weighted by Crippen LogP contribution is -2.05. The molecule has 0 heterocycles. The van der Waals surface area contributed by atoms with Crippen molar-refractivity contribution in [3.63, 3.8) is 0 Å². The van der Waals surface area contributed by atoms with Gasteiger partial charge in [-0.3, -0.25) is 4.39 Å². The highest BCUT2D eigenvalue weighted by atomic mass is 80.0. The second-order valence-electron chi connectivity index (χ2n) is 1.41. The van der Waals surface area contributed by atoms with Gasteiger partial charge >= 0.3 is 0 Å². The molecule has 0 unspecified atom stereocenters. The van der Waals surface area contributed by atoms with Gasteiger partial charge in [-0.15, -0.1) is 0 Å². The molecule has 0 nitrogen and oxygen atoms in total. The van der Waals surface area contributed by atoms with Gasteiger partial charge in [-0.1, -0.05) is 45.9 Å². The lowest BCUT2D eigenvalue weighted by atomic mass is 10.6. The van der Waals surface area contributed by atoms with Gasteiger partial charge in [-0.05, 0) is 12.5 Å². The Labute approximate surface area is 73.0 Å². The minimum Gasteiger partial charge on any atom is -0.251 e. The van der Waals surface area contributed by atoms with Crippen LogP contribution in [0.2, 0.25) is 6.04 Å². The van der Waals surface area contributed by atoms with Crippen molar-refractivity contribution in [2.45, 2.75) is 12.5 Å². The zero-order valence-corrected chi connectivity index (χ0v) is 9.89. The van der Waals surface area contributed by atoms with Crippen LogP contribution in [0.5, 0.6) is 0 Å². The minimum absolute atomic E-state index is 0.225. The monoisotopic (exact) mass is 326 g/mol. The second-order valence-corrected chi connectivity index (χ2v) is 24.9. The van der Waals surface area contributed by atoms with Crippen LogP contribution in [-0.4, -0.2) is 10.6 Å². The normalized spacial score (nSPS) is 12.0. The van der Waals surface area contributed by atoms with E-state index in [1.807, 2.05) is 0 Å². The maximum atomic E-state index is 11.5. The van der Waals surface area contributed by atoms with Gasteiger partial charge in [0.05, 0.1) is 6.67 Å². The number of alkyl halides is 1. The number of halogens is 4. The third kappa shape index (κ3) is 7.59. The third-order valence-corrected chi connectivity index (χ3v) is 5.08. The van der Waals surface area contributed by atoms with E-state index in [1.165, 1.54) is 0 Å². The summed E-state index contributed by atoms with van der Waals surface area (Å²) in [5.74, 6) is 0. The molecule has 0 bridgehead atoms. The van der Waals surface area contributed by atoms with E-state index in [0.717, 1.165) is 6.04 Å². The molecule has 0 atom stereocenters. The highest BCUT2D eigenvalue weighted by molar-refractivity contribution is 9.72. The quantitative estimate of drug-likeness (QED) is 0.550. The van der Waals surface area contributed by atoms with Gasteiger partial charge in [0.25, 0.3) is 3.93 Å². The Bertz CT molecular complexity index is 62.0. The maximum Gasteiger partial charge on any atom is 0.267 e. The molecule has 0 saturated carbocycles. The Hall–Kier alpha value is 1.59. The summed E-state index contributed by atoms with van der Waals surface area (Å²) in [5.41, 5.74) is 0. The summed E-state index contributed by atoms with van der Waals surface area (Å²) < 4.78 is 10.0. The first-order valence-electron chi connectivity index (χ1n) is 2.19. The van der Waals surface area contributed by atoms with E-state index < -0.39 is 3.93 Å². The van der Waals surface area contributed by atoms with Crippen molar-refractivity contribution in [1.29, 1.82) is 0 Å². The van der Waals surface area contributed by atoms with Crippen LogP contribution in [0, 0.1) is 0 Å². The maximum absolute atomic E-state index is 11.5. The lowest BCUT2D eigenvalue weighted by Gasteiger charge is -2.04. The standard InChI is InChI=1S/C3H6Br3FSi/c4-8(5,6)3-1-2-7/h1-3H2. The van der Waals surface area contributed by atoms with Crippen LogP contribution in [0.1, 0.15) is 6.42 Å². The van der Waals surface area contributed by atoms with Crippen LogP contribution in [0.3, 0.4) is 0 Å². The minimum atomic E-state index is -1.48. The molecule has 5 heteroatoms. The highest BCUT2D eigenvalue weighted by Gasteiger charge is 2.20. The first-order chi connectivity index (χ1) is 3.56. The van der Waals surface area contributed by atoms with Crippen molar-refractivity contribution >= 4 is 49.8 Å². The van der Waals surface area contributed by atoms with E-state index in [-0.39, 0.29) is 6.67 Å². The van der Waals surface area contributed by atoms with Crippen molar-refractivity contribution in [1.82, 2.24) is 0 Å². The molecule has 0 aliphatic heterocycles. The molecule has 0 amide bonds. The van der Waals surface area contributed by atoms with Gasteiger partial charge in [-0.2, -0.15) is 0 Å². The second kappa shape index (κ2) is 4.41. The largest absolute Gasteiger partial charge is 0.267 e.